The second kappa shape index (κ2) is 6.64. The van der Waals surface area contributed by atoms with Gasteiger partial charge in [0.15, 0.2) is 0 Å². The van der Waals surface area contributed by atoms with Crippen LogP contribution >= 0.6 is 0 Å². The summed E-state index contributed by atoms with van der Waals surface area (Å²) >= 11 is 0. The number of hydrogen-bond acceptors (Lipinski definition) is 2. The van der Waals surface area contributed by atoms with E-state index >= 15 is 0 Å². The first kappa shape index (κ1) is 14.8. The first-order chi connectivity index (χ1) is 7.93. The van der Waals surface area contributed by atoms with E-state index < -0.39 is 6.61 Å². The molecule has 2 nitrogen and oxygen atoms in total. The molecule has 0 radical (unpaired) electrons. The Morgan fingerprint density at radius 2 is 1.76 bits per heavy atom. The third-order valence-corrected chi connectivity index (χ3v) is 3.54. The minimum absolute atomic E-state index is 0.103. The van der Waals surface area contributed by atoms with Crippen LogP contribution in [0.5, 0.6) is 0 Å². The van der Waals surface area contributed by atoms with Crippen LogP contribution in [-0.4, -0.2) is 36.2 Å². The van der Waals surface area contributed by atoms with Crippen LogP contribution in [0.25, 0.3) is 0 Å². The number of likely N-dealkylation sites (tertiary alicyclic amines) is 1. The maximum absolute atomic E-state index is 12.5. The van der Waals surface area contributed by atoms with Gasteiger partial charge in [-0.25, -0.2) is 0 Å². The zero-order valence-electron chi connectivity index (χ0n) is 11.3. The van der Waals surface area contributed by atoms with Gasteiger partial charge in [0.25, 0.3) is 0 Å². The molecular weight excluding hydrogens is 224 g/mol. The molecule has 17 heavy (non-hydrogen) atoms. The van der Waals surface area contributed by atoms with Gasteiger partial charge in [-0.05, 0) is 45.6 Å². The molecule has 102 valence electrons. The van der Waals surface area contributed by atoms with Gasteiger partial charge in [0.1, 0.15) is 0 Å². The van der Waals surface area contributed by atoms with Crippen molar-refractivity contribution in [1.29, 1.82) is 0 Å². The highest BCUT2D eigenvalue weighted by Gasteiger charge is 2.35. The second-order valence-electron chi connectivity index (χ2n) is 5.50. The summed E-state index contributed by atoms with van der Waals surface area (Å²) in [5.41, 5.74) is 0. The molecule has 0 amide bonds. The summed E-state index contributed by atoms with van der Waals surface area (Å²) < 4.78 is 29.8. The average molecular weight is 249 g/mol. The Labute approximate surface area is 103 Å². The molecule has 1 saturated heterocycles. The number of alkyl halides is 2. The molecule has 1 heterocycles. The summed E-state index contributed by atoms with van der Waals surface area (Å²) in [7, 11) is 0. The van der Waals surface area contributed by atoms with Crippen LogP contribution in [0.4, 0.5) is 8.78 Å². The fourth-order valence-corrected chi connectivity index (χ4v) is 2.87. The van der Waals surface area contributed by atoms with Crippen molar-refractivity contribution in [3.63, 3.8) is 0 Å². The topological polar surface area (TPSA) is 12.5 Å². The molecule has 0 N–H and O–H groups in total. The van der Waals surface area contributed by atoms with Gasteiger partial charge in [0.05, 0.1) is 6.10 Å². The maximum atomic E-state index is 12.5. The van der Waals surface area contributed by atoms with Crippen LogP contribution in [0, 0.1) is 5.92 Å². The minimum Gasteiger partial charge on any atom is -0.318 e. The fraction of sp³-hybridized carbons (Fsp3) is 1.00. The van der Waals surface area contributed by atoms with Gasteiger partial charge >= 0.3 is 6.61 Å². The third kappa shape index (κ3) is 4.18. The van der Waals surface area contributed by atoms with E-state index in [1.54, 1.807) is 0 Å². The van der Waals surface area contributed by atoms with Crippen molar-refractivity contribution < 1.29 is 13.5 Å². The van der Waals surface area contributed by atoms with Crippen LogP contribution in [0.2, 0.25) is 0 Å². The molecular formula is C13H25F2NO. The SMILES string of the molecule is CC(C)C1C(OC(F)F)CCCCN1C(C)C. The predicted molar refractivity (Wildman–Crippen MR) is 65.2 cm³/mol. The molecule has 0 aromatic rings. The van der Waals surface area contributed by atoms with Crippen LogP contribution in [0.1, 0.15) is 47.0 Å². The monoisotopic (exact) mass is 249 g/mol. The van der Waals surface area contributed by atoms with Gasteiger partial charge < -0.3 is 4.74 Å². The number of nitrogens with zero attached hydrogens (tertiary/aromatic N) is 1. The van der Waals surface area contributed by atoms with Gasteiger partial charge in [-0.3, -0.25) is 4.90 Å². The average Bonchev–Trinajstić information content (AvgIpc) is 2.38. The summed E-state index contributed by atoms with van der Waals surface area (Å²) in [6.07, 6.45) is 2.46. The molecule has 0 bridgehead atoms. The molecule has 0 spiro atoms. The van der Waals surface area contributed by atoms with Gasteiger partial charge in [-0.2, -0.15) is 8.78 Å². The fourth-order valence-electron chi connectivity index (χ4n) is 2.87. The largest absolute Gasteiger partial charge is 0.345 e. The summed E-state index contributed by atoms with van der Waals surface area (Å²) in [6, 6.07) is 0.482. The Kier molecular flexibility index (Phi) is 5.80. The summed E-state index contributed by atoms with van der Waals surface area (Å²) in [6.45, 7) is 6.76. The zero-order valence-corrected chi connectivity index (χ0v) is 11.3. The summed E-state index contributed by atoms with van der Waals surface area (Å²) in [5, 5.41) is 0. The van der Waals surface area contributed by atoms with E-state index in [0.717, 1.165) is 25.8 Å². The standard InChI is InChI=1S/C13H25F2NO/c1-9(2)12-11(17-13(14)15)7-5-6-8-16(12)10(3)4/h9-13H,5-8H2,1-4H3. The lowest BCUT2D eigenvalue weighted by molar-refractivity contribution is -0.184. The van der Waals surface area contributed by atoms with E-state index in [1.807, 2.05) is 0 Å². The van der Waals surface area contributed by atoms with Crippen molar-refractivity contribution in [3.05, 3.63) is 0 Å². The highest BCUT2D eigenvalue weighted by Crippen LogP contribution is 2.28. The van der Waals surface area contributed by atoms with Crippen molar-refractivity contribution in [2.24, 2.45) is 5.92 Å². The first-order valence-electron chi connectivity index (χ1n) is 6.62. The molecule has 2 unspecified atom stereocenters. The summed E-state index contributed by atoms with van der Waals surface area (Å²) in [5.74, 6) is 0.333. The van der Waals surface area contributed by atoms with Crippen molar-refractivity contribution in [2.75, 3.05) is 6.54 Å². The van der Waals surface area contributed by atoms with Gasteiger partial charge in [0, 0.05) is 12.1 Å². The van der Waals surface area contributed by atoms with E-state index in [2.05, 4.69) is 32.6 Å². The lowest BCUT2D eigenvalue weighted by Gasteiger charge is -2.39. The molecule has 1 aliphatic rings. The highest BCUT2D eigenvalue weighted by molar-refractivity contribution is 4.87. The lowest BCUT2D eigenvalue weighted by Crippen LogP contribution is -2.50. The van der Waals surface area contributed by atoms with Gasteiger partial charge in [-0.1, -0.05) is 13.8 Å². The second-order valence-corrected chi connectivity index (χ2v) is 5.50. The van der Waals surface area contributed by atoms with Crippen LogP contribution in [0.15, 0.2) is 0 Å². The third-order valence-electron chi connectivity index (χ3n) is 3.54. The number of rotatable bonds is 4. The normalized spacial score (nSPS) is 28.1. The van der Waals surface area contributed by atoms with Crippen molar-refractivity contribution in [1.82, 2.24) is 4.90 Å². The molecule has 1 fully saturated rings. The van der Waals surface area contributed by atoms with Crippen LogP contribution in [0.3, 0.4) is 0 Å². The lowest BCUT2D eigenvalue weighted by atomic mass is 9.94. The van der Waals surface area contributed by atoms with Crippen molar-refractivity contribution in [3.8, 4) is 0 Å². The van der Waals surface area contributed by atoms with Crippen molar-refractivity contribution in [2.45, 2.75) is 71.8 Å². The number of halogens is 2. The molecule has 0 aromatic carbocycles. The molecule has 4 heteroatoms. The highest BCUT2D eigenvalue weighted by atomic mass is 19.3. The van der Waals surface area contributed by atoms with E-state index in [0.29, 0.717) is 12.0 Å². The van der Waals surface area contributed by atoms with Crippen molar-refractivity contribution >= 4 is 0 Å². The Bertz CT molecular complexity index is 221. The maximum Gasteiger partial charge on any atom is 0.345 e. The molecule has 1 aliphatic heterocycles. The Hall–Kier alpha value is -0.220. The molecule has 0 aromatic heterocycles. The van der Waals surface area contributed by atoms with E-state index in [1.165, 1.54) is 0 Å². The number of hydrogen-bond donors (Lipinski definition) is 0. The van der Waals surface area contributed by atoms with E-state index in [-0.39, 0.29) is 12.1 Å². The predicted octanol–water partition coefficient (Wildman–Crippen LogP) is 3.51. The molecule has 1 rings (SSSR count). The van der Waals surface area contributed by atoms with Gasteiger partial charge in [0.2, 0.25) is 0 Å². The first-order valence-corrected chi connectivity index (χ1v) is 6.62. The Morgan fingerprint density at radius 3 is 2.24 bits per heavy atom. The van der Waals surface area contributed by atoms with Gasteiger partial charge in [-0.15, -0.1) is 0 Å². The zero-order chi connectivity index (χ0) is 13.0. The minimum atomic E-state index is -2.66. The smallest absolute Gasteiger partial charge is 0.318 e. The van der Waals surface area contributed by atoms with Crippen LogP contribution in [-0.2, 0) is 4.74 Å². The molecule has 0 saturated carbocycles. The molecule has 0 aliphatic carbocycles. The van der Waals surface area contributed by atoms with E-state index in [9.17, 15) is 8.78 Å². The van der Waals surface area contributed by atoms with Crippen LogP contribution < -0.4 is 0 Å². The number of ether oxygens (including phenoxy) is 1. The summed E-state index contributed by atoms with van der Waals surface area (Å²) in [4.78, 5) is 2.32. The molecule has 2 atom stereocenters. The van der Waals surface area contributed by atoms with E-state index in [4.69, 9.17) is 4.74 Å². The Morgan fingerprint density at radius 1 is 1.12 bits per heavy atom. The Balaban J connectivity index is 2.83. The quantitative estimate of drug-likeness (QED) is 0.756.